The van der Waals surface area contributed by atoms with Gasteiger partial charge in [0.1, 0.15) is 5.75 Å². The number of rotatable bonds is 8. The molecule has 2 aromatic rings. The van der Waals surface area contributed by atoms with Crippen molar-refractivity contribution >= 4 is 17.5 Å². The van der Waals surface area contributed by atoms with Crippen molar-refractivity contribution in [3.8, 4) is 5.75 Å². The molecule has 0 aliphatic rings. The molecule has 6 nitrogen and oxygen atoms in total. The number of amides is 2. The highest BCUT2D eigenvalue weighted by molar-refractivity contribution is 5.79. The topological polar surface area (TPSA) is 70.7 Å². The fourth-order valence-electron chi connectivity index (χ4n) is 2.70. The van der Waals surface area contributed by atoms with Crippen molar-refractivity contribution in [2.45, 2.75) is 25.9 Å². The van der Waals surface area contributed by atoms with Gasteiger partial charge in [-0.15, -0.1) is 0 Å². The van der Waals surface area contributed by atoms with Crippen molar-refractivity contribution < 1.29 is 14.3 Å². The Kier molecular flexibility index (Phi) is 7.23. The Balaban J connectivity index is 1.97. The minimum Gasteiger partial charge on any atom is -0.497 e. The molecule has 0 heterocycles. The third-order valence-electron chi connectivity index (χ3n) is 4.23. The Bertz CT molecular complexity index is 755. The van der Waals surface area contributed by atoms with Crippen LogP contribution in [0.3, 0.4) is 0 Å². The molecule has 2 rings (SSSR count). The summed E-state index contributed by atoms with van der Waals surface area (Å²) < 4.78 is 5.15. The van der Waals surface area contributed by atoms with E-state index < -0.39 is 0 Å². The van der Waals surface area contributed by atoms with Crippen LogP contribution in [0.5, 0.6) is 5.75 Å². The number of anilines is 1. The second-order valence-corrected chi connectivity index (χ2v) is 6.57. The quantitative estimate of drug-likeness (QED) is 0.750. The van der Waals surface area contributed by atoms with Gasteiger partial charge in [0.15, 0.2) is 0 Å². The van der Waals surface area contributed by atoms with Crippen molar-refractivity contribution in [1.29, 1.82) is 0 Å². The Labute approximate surface area is 160 Å². The molecular weight excluding hydrogens is 342 g/mol. The molecule has 144 valence electrons. The van der Waals surface area contributed by atoms with Crippen LogP contribution in [-0.4, -0.2) is 33.0 Å². The van der Waals surface area contributed by atoms with Crippen LogP contribution >= 0.6 is 0 Å². The summed E-state index contributed by atoms with van der Waals surface area (Å²) in [5, 5.41) is 5.75. The average molecular weight is 369 g/mol. The maximum absolute atomic E-state index is 12.4. The first-order chi connectivity index (χ1) is 12.9. The molecule has 1 atom stereocenters. The Morgan fingerprint density at radius 2 is 1.67 bits per heavy atom. The van der Waals surface area contributed by atoms with Crippen LogP contribution in [0.25, 0.3) is 0 Å². The molecule has 0 saturated heterocycles. The Morgan fingerprint density at radius 1 is 1.04 bits per heavy atom. The molecule has 0 spiro atoms. The van der Waals surface area contributed by atoms with Gasteiger partial charge >= 0.3 is 0 Å². The lowest BCUT2D eigenvalue weighted by molar-refractivity contribution is -0.122. The molecule has 6 heteroatoms. The molecule has 0 aliphatic heterocycles. The van der Waals surface area contributed by atoms with E-state index in [2.05, 4.69) is 10.6 Å². The third kappa shape index (κ3) is 6.33. The number of methoxy groups -OCH3 is 1. The van der Waals surface area contributed by atoms with E-state index in [0.29, 0.717) is 6.54 Å². The summed E-state index contributed by atoms with van der Waals surface area (Å²) in [7, 11) is 5.56. The van der Waals surface area contributed by atoms with Gasteiger partial charge in [0, 0.05) is 33.3 Å². The van der Waals surface area contributed by atoms with E-state index in [1.807, 2.05) is 67.5 Å². The van der Waals surface area contributed by atoms with E-state index in [0.717, 1.165) is 22.6 Å². The smallest absolute Gasteiger partial charge is 0.222 e. The van der Waals surface area contributed by atoms with E-state index in [1.165, 1.54) is 6.92 Å². The number of carbonyl (C=O) groups excluding carboxylic acids is 2. The molecule has 0 saturated carbocycles. The molecule has 27 heavy (non-hydrogen) atoms. The van der Waals surface area contributed by atoms with Crippen molar-refractivity contribution in [3.63, 3.8) is 0 Å². The van der Waals surface area contributed by atoms with Gasteiger partial charge in [-0.1, -0.05) is 24.3 Å². The van der Waals surface area contributed by atoms with Crippen molar-refractivity contribution in [1.82, 2.24) is 10.6 Å². The number of nitrogens with zero attached hydrogens (tertiary/aromatic N) is 1. The zero-order chi connectivity index (χ0) is 19.8. The third-order valence-corrected chi connectivity index (χ3v) is 4.23. The molecule has 0 fully saturated rings. The highest BCUT2D eigenvalue weighted by atomic mass is 16.5. The lowest BCUT2D eigenvalue weighted by Crippen LogP contribution is -2.32. The van der Waals surface area contributed by atoms with Gasteiger partial charge in [-0.05, 0) is 35.4 Å². The van der Waals surface area contributed by atoms with Crippen molar-refractivity contribution in [2.24, 2.45) is 0 Å². The van der Waals surface area contributed by atoms with Crippen LogP contribution in [0, 0.1) is 0 Å². The zero-order valence-electron chi connectivity index (χ0n) is 16.3. The second kappa shape index (κ2) is 9.62. The zero-order valence-corrected chi connectivity index (χ0v) is 16.3. The van der Waals surface area contributed by atoms with E-state index in [4.69, 9.17) is 4.74 Å². The average Bonchev–Trinajstić information content (AvgIpc) is 2.66. The van der Waals surface area contributed by atoms with Gasteiger partial charge in [0.05, 0.1) is 19.6 Å². The summed E-state index contributed by atoms with van der Waals surface area (Å²) in [4.78, 5) is 25.9. The summed E-state index contributed by atoms with van der Waals surface area (Å²) in [5.41, 5.74) is 2.99. The van der Waals surface area contributed by atoms with Crippen molar-refractivity contribution in [2.75, 3.05) is 26.1 Å². The fraction of sp³-hybridized carbons (Fsp3) is 0.333. The lowest BCUT2D eigenvalue weighted by Gasteiger charge is -2.18. The lowest BCUT2D eigenvalue weighted by atomic mass is 10.0. The number of carbonyl (C=O) groups is 2. The molecular formula is C21H27N3O3. The van der Waals surface area contributed by atoms with Crippen LogP contribution in [0.1, 0.15) is 30.5 Å². The largest absolute Gasteiger partial charge is 0.497 e. The monoisotopic (exact) mass is 369 g/mol. The van der Waals surface area contributed by atoms with Crippen LogP contribution in [0.2, 0.25) is 0 Å². The number of hydrogen-bond donors (Lipinski definition) is 2. The predicted molar refractivity (Wildman–Crippen MR) is 107 cm³/mol. The molecule has 0 aromatic heterocycles. The molecule has 2 aromatic carbocycles. The van der Waals surface area contributed by atoms with Gasteiger partial charge in [0.2, 0.25) is 11.8 Å². The first-order valence-electron chi connectivity index (χ1n) is 8.83. The van der Waals surface area contributed by atoms with Gasteiger partial charge in [0.25, 0.3) is 0 Å². The number of nitrogens with one attached hydrogen (secondary N) is 2. The predicted octanol–water partition coefficient (Wildman–Crippen LogP) is 2.64. The van der Waals surface area contributed by atoms with Crippen LogP contribution in [0.4, 0.5) is 5.69 Å². The van der Waals surface area contributed by atoms with Crippen LogP contribution < -0.4 is 20.3 Å². The summed E-state index contributed by atoms with van der Waals surface area (Å²) in [6.07, 6.45) is 0.168. The van der Waals surface area contributed by atoms with E-state index in [9.17, 15) is 9.59 Å². The molecule has 0 bridgehead atoms. The SMILES string of the molecule is COc1ccc(C(CC(=O)NCc2ccc(N(C)C)cc2)NC(C)=O)cc1. The first kappa shape index (κ1) is 20.3. The minimum atomic E-state index is -0.385. The highest BCUT2D eigenvalue weighted by Gasteiger charge is 2.17. The summed E-state index contributed by atoms with van der Waals surface area (Å²) in [6.45, 7) is 1.89. The number of ether oxygens (including phenoxy) is 1. The molecule has 0 aliphatic carbocycles. The summed E-state index contributed by atoms with van der Waals surface area (Å²) in [5.74, 6) is 0.426. The maximum Gasteiger partial charge on any atom is 0.222 e. The van der Waals surface area contributed by atoms with Crippen LogP contribution in [0.15, 0.2) is 48.5 Å². The molecule has 0 radical (unpaired) electrons. The van der Waals surface area contributed by atoms with Crippen LogP contribution in [-0.2, 0) is 16.1 Å². The molecule has 2 N–H and O–H groups in total. The standard InChI is InChI=1S/C21H27N3O3/c1-15(25)23-20(17-7-11-19(27-4)12-8-17)13-21(26)22-14-16-5-9-18(10-6-16)24(2)3/h5-12,20H,13-14H2,1-4H3,(H,22,26)(H,23,25). The van der Waals surface area contributed by atoms with E-state index >= 15 is 0 Å². The summed E-state index contributed by atoms with van der Waals surface area (Å²) in [6, 6.07) is 15.0. The number of hydrogen-bond acceptors (Lipinski definition) is 4. The molecule has 1 unspecified atom stereocenters. The Hall–Kier alpha value is -3.02. The second-order valence-electron chi connectivity index (χ2n) is 6.57. The first-order valence-corrected chi connectivity index (χ1v) is 8.83. The minimum absolute atomic E-state index is 0.124. The van der Waals surface area contributed by atoms with Crippen molar-refractivity contribution in [3.05, 3.63) is 59.7 Å². The molecule has 2 amide bonds. The Morgan fingerprint density at radius 3 is 2.19 bits per heavy atom. The highest BCUT2D eigenvalue weighted by Crippen LogP contribution is 2.20. The fourth-order valence-corrected chi connectivity index (χ4v) is 2.70. The van der Waals surface area contributed by atoms with E-state index in [1.54, 1.807) is 7.11 Å². The number of benzene rings is 2. The summed E-state index contributed by atoms with van der Waals surface area (Å²) >= 11 is 0. The van der Waals surface area contributed by atoms with Gasteiger partial charge in [-0.3, -0.25) is 9.59 Å². The van der Waals surface area contributed by atoms with Gasteiger partial charge in [-0.25, -0.2) is 0 Å². The normalized spacial score (nSPS) is 11.4. The van der Waals surface area contributed by atoms with Gasteiger partial charge in [-0.2, -0.15) is 0 Å². The van der Waals surface area contributed by atoms with Gasteiger partial charge < -0.3 is 20.3 Å². The van der Waals surface area contributed by atoms with E-state index in [-0.39, 0.29) is 24.3 Å². The maximum atomic E-state index is 12.4.